The molecule has 0 aliphatic carbocycles. The SMILES string of the molecule is CCCCCCCC(=O)OCl.[NaH]. The van der Waals surface area contributed by atoms with Crippen molar-refractivity contribution < 1.29 is 9.08 Å². The van der Waals surface area contributed by atoms with Crippen molar-refractivity contribution in [3.8, 4) is 0 Å². The molecular weight excluding hydrogens is 187 g/mol. The minimum atomic E-state index is -0.317. The average Bonchev–Trinajstić information content (AvgIpc) is 2.04. The molecule has 0 aromatic heterocycles. The van der Waals surface area contributed by atoms with Gasteiger partial charge in [-0.2, -0.15) is 0 Å². The van der Waals surface area contributed by atoms with Gasteiger partial charge >= 0.3 is 35.5 Å². The number of hydrogen-bond donors (Lipinski definition) is 0. The summed E-state index contributed by atoms with van der Waals surface area (Å²) in [5.74, 6) is -0.317. The third-order valence-electron chi connectivity index (χ3n) is 1.57. The molecule has 4 heteroatoms. The molecule has 0 bridgehead atoms. The minimum absolute atomic E-state index is 0. The molecule has 0 aromatic rings. The number of unbranched alkanes of at least 4 members (excludes halogenated alkanes) is 4. The first kappa shape index (κ1) is 15.2. The molecule has 0 unspecified atom stereocenters. The zero-order chi connectivity index (χ0) is 8.53. The molecule has 68 valence electrons. The van der Waals surface area contributed by atoms with Crippen LogP contribution >= 0.6 is 11.9 Å². The average molecular weight is 203 g/mol. The Morgan fingerprint density at radius 1 is 1.25 bits per heavy atom. The fourth-order valence-corrected chi connectivity index (χ4v) is 0.989. The van der Waals surface area contributed by atoms with Gasteiger partial charge in [0.05, 0.1) is 0 Å². The van der Waals surface area contributed by atoms with Crippen molar-refractivity contribution in [1.29, 1.82) is 0 Å². The van der Waals surface area contributed by atoms with Crippen LogP contribution in [-0.2, 0) is 9.08 Å². The van der Waals surface area contributed by atoms with E-state index in [1.54, 1.807) is 0 Å². The van der Waals surface area contributed by atoms with Crippen molar-refractivity contribution in [3.63, 3.8) is 0 Å². The van der Waals surface area contributed by atoms with Gasteiger partial charge in [-0.25, -0.2) is 0 Å². The standard InChI is InChI=1S/C8H15ClO2.Na.H/c1-2-3-4-5-6-7-8(10)11-9;;/h2-7H2,1H3;;. The molecule has 0 saturated carbocycles. The molecule has 12 heavy (non-hydrogen) atoms. The van der Waals surface area contributed by atoms with Crippen molar-refractivity contribution in [2.24, 2.45) is 0 Å². The molecular formula is C8H16ClNaO2. The second-order valence-corrected chi connectivity index (χ2v) is 2.77. The molecule has 0 rings (SSSR count). The van der Waals surface area contributed by atoms with Crippen LogP contribution in [0.4, 0.5) is 0 Å². The summed E-state index contributed by atoms with van der Waals surface area (Å²) in [6.07, 6.45) is 6.11. The quantitative estimate of drug-likeness (QED) is 0.489. The van der Waals surface area contributed by atoms with Crippen LogP contribution in [0.2, 0.25) is 0 Å². The summed E-state index contributed by atoms with van der Waals surface area (Å²) >= 11 is 4.84. The van der Waals surface area contributed by atoms with E-state index in [9.17, 15) is 4.79 Å². The molecule has 0 N–H and O–H groups in total. The van der Waals surface area contributed by atoms with Gasteiger partial charge < -0.3 is 4.29 Å². The van der Waals surface area contributed by atoms with Crippen LogP contribution < -0.4 is 0 Å². The molecule has 0 amide bonds. The first-order valence-corrected chi connectivity index (χ1v) is 4.43. The fourth-order valence-electron chi connectivity index (χ4n) is 0.911. The molecule has 0 saturated heterocycles. The zero-order valence-corrected chi connectivity index (χ0v) is 7.69. The van der Waals surface area contributed by atoms with Gasteiger partial charge in [0, 0.05) is 6.42 Å². The Morgan fingerprint density at radius 3 is 2.33 bits per heavy atom. The van der Waals surface area contributed by atoms with Gasteiger partial charge in [-0.1, -0.05) is 32.6 Å². The van der Waals surface area contributed by atoms with Gasteiger partial charge in [0.25, 0.3) is 0 Å². The number of rotatable bonds is 6. The Labute approximate surface area is 101 Å². The first-order valence-electron chi connectivity index (χ1n) is 4.12. The maximum atomic E-state index is 10.5. The van der Waals surface area contributed by atoms with Gasteiger partial charge in [0.2, 0.25) is 0 Å². The Bertz CT molecular complexity index is 109. The van der Waals surface area contributed by atoms with Crippen molar-refractivity contribution >= 4 is 47.4 Å². The summed E-state index contributed by atoms with van der Waals surface area (Å²) in [4.78, 5) is 10.5. The molecule has 0 atom stereocenters. The monoisotopic (exact) mass is 202 g/mol. The molecule has 0 fully saturated rings. The van der Waals surface area contributed by atoms with E-state index in [0.29, 0.717) is 6.42 Å². The van der Waals surface area contributed by atoms with E-state index in [-0.39, 0.29) is 35.5 Å². The van der Waals surface area contributed by atoms with Crippen molar-refractivity contribution in [1.82, 2.24) is 0 Å². The van der Waals surface area contributed by atoms with Crippen LogP contribution in [0.25, 0.3) is 0 Å². The third kappa shape index (κ3) is 10.8. The Balaban J connectivity index is 0. The van der Waals surface area contributed by atoms with Gasteiger partial charge in [-0.05, 0) is 6.42 Å². The number of carbonyl (C=O) groups is 1. The van der Waals surface area contributed by atoms with Crippen LogP contribution in [0.5, 0.6) is 0 Å². The van der Waals surface area contributed by atoms with Crippen LogP contribution in [-0.4, -0.2) is 35.5 Å². The van der Waals surface area contributed by atoms with Gasteiger partial charge in [-0.15, -0.1) is 0 Å². The summed E-state index contributed by atoms with van der Waals surface area (Å²) in [5, 5.41) is 0. The Kier molecular flexibility index (Phi) is 14.9. The van der Waals surface area contributed by atoms with Crippen LogP contribution in [0.1, 0.15) is 45.4 Å². The van der Waals surface area contributed by atoms with Crippen molar-refractivity contribution in [2.45, 2.75) is 45.4 Å². The second kappa shape index (κ2) is 11.8. The predicted octanol–water partition coefficient (Wildman–Crippen LogP) is 2.40. The molecule has 0 radical (unpaired) electrons. The molecule has 2 nitrogen and oxygen atoms in total. The van der Waals surface area contributed by atoms with Crippen molar-refractivity contribution in [3.05, 3.63) is 0 Å². The van der Waals surface area contributed by atoms with E-state index in [2.05, 4.69) is 11.2 Å². The van der Waals surface area contributed by atoms with E-state index in [0.717, 1.165) is 12.8 Å². The van der Waals surface area contributed by atoms with Crippen LogP contribution in [0.15, 0.2) is 0 Å². The van der Waals surface area contributed by atoms with Crippen LogP contribution in [0.3, 0.4) is 0 Å². The van der Waals surface area contributed by atoms with Gasteiger partial charge in [-0.3, -0.25) is 4.79 Å². The van der Waals surface area contributed by atoms with Gasteiger partial charge in [0.1, 0.15) is 11.9 Å². The molecule has 0 heterocycles. The van der Waals surface area contributed by atoms with E-state index in [1.807, 2.05) is 0 Å². The van der Waals surface area contributed by atoms with E-state index < -0.39 is 0 Å². The normalized spacial score (nSPS) is 8.83. The van der Waals surface area contributed by atoms with Crippen molar-refractivity contribution in [2.75, 3.05) is 0 Å². The summed E-state index contributed by atoms with van der Waals surface area (Å²) in [6.45, 7) is 2.16. The Hall–Kier alpha value is 0.760. The summed E-state index contributed by atoms with van der Waals surface area (Å²) in [6, 6.07) is 0. The molecule has 0 aliphatic heterocycles. The van der Waals surface area contributed by atoms with E-state index in [1.165, 1.54) is 19.3 Å². The number of halogens is 1. The number of hydrogen-bond acceptors (Lipinski definition) is 2. The third-order valence-corrected chi connectivity index (χ3v) is 1.74. The zero-order valence-electron chi connectivity index (χ0n) is 6.94. The molecule has 0 aromatic carbocycles. The number of carbonyl (C=O) groups excluding carboxylic acids is 1. The second-order valence-electron chi connectivity index (χ2n) is 2.61. The molecule has 0 spiro atoms. The fraction of sp³-hybridized carbons (Fsp3) is 0.875. The molecule has 0 aliphatic rings. The summed E-state index contributed by atoms with van der Waals surface area (Å²) in [7, 11) is 0. The van der Waals surface area contributed by atoms with E-state index in [4.69, 9.17) is 11.9 Å². The van der Waals surface area contributed by atoms with E-state index >= 15 is 0 Å². The van der Waals surface area contributed by atoms with Gasteiger partial charge in [0.15, 0.2) is 0 Å². The Morgan fingerprint density at radius 2 is 1.83 bits per heavy atom. The first-order chi connectivity index (χ1) is 5.31. The summed E-state index contributed by atoms with van der Waals surface area (Å²) < 4.78 is 3.99. The maximum absolute atomic E-state index is 10.5. The van der Waals surface area contributed by atoms with Crippen LogP contribution in [0, 0.1) is 0 Å². The topological polar surface area (TPSA) is 26.3 Å². The summed E-state index contributed by atoms with van der Waals surface area (Å²) in [5.41, 5.74) is 0. The predicted molar refractivity (Wildman–Crippen MR) is 52.5 cm³/mol.